The molecule has 0 bridgehead atoms. The van der Waals surface area contributed by atoms with Crippen LogP contribution in [-0.2, 0) is 0 Å². The molecule has 2 fully saturated rings. The first kappa shape index (κ1) is 11.3. The smallest absolute Gasteiger partial charge is 0.120 e. The summed E-state index contributed by atoms with van der Waals surface area (Å²) in [4.78, 5) is 0. The van der Waals surface area contributed by atoms with Crippen LogP contribution >= 0.6 is 0 Å². The fraction of sp³-hybridized carbons (Fsp3) is 0.733. The molecule has 2 heteroatoms. The summed E-state index contributed by atoms with van der Waals surface area (Å²) in [5.41, 5.74) is 0.638. The zero-order valence-electron chi connectivity index (χ0n) is 10.7. The van der Waals surface area contributed by atoms with Crippen molar-refractivity contribution >= 4 is 0 Å². The number of hydrogen-bond donors (Lipinski definition) is 1. The first-order chi connectivity index (χ1) is 8.30. The second-order valence-electron chi connectivity index (χ2n) is 5.92. The Balaban J connectivity index is 1.62. The van der Waals surface area contributed by atoms with Gasteiger partial charge >= 0.3 is 0 Å². The van der Waals surface area contributed by atoms with Crippen molar-refractivity contribution in [2.75, 3.05) is 0 Å². The van der Waals surface area contributed by atoms with Crippen LogP contribution in [0.25, 0.3) is 0 Å². The molecule has 2 nitrogen and oxygen atoms in total. The van der Waals surface area contributed by atoms with Gasteiger partial charge in [-0.1, -0.05) is 19.3 Å². The van der Waals surface area contributed by atoms with Crippen LogP contribution in [0, 0.1) is 5.41 Å². The SMILES string of the molecule is C[C@@H](NC1CCC12CCCCC2)c1ccco1. The third-order valence-corrected chi connectivity index (χ3v) is 4.94. The largest absolute Gasteiger partial charge is 0.468 e. The molecule has 1 aromatic heterocycles. The number of nitrogens with one attached hydrogen (secondary N) is 1. The monoisotopic (exact) mass is 233 g/mol. The third-order valence-electron chi connectivity index (χ3n) is 4.94. The maximum atomic E-state index is 5.48. The van der Waals surface area contributed by atoms with E-state index in [1.807, 2.05) is 6.07 Å². The molecule has 0 amide bonds. The average molecular weight is 233 g/mol. The topological polar surface area (TPSA) is 25.2 Å². The molecule has 0 saturated heterocycles. The second kappa shape index (κ2) is 4.49. The molecule has 1 unspecified atom stereocenters. The number of hydrogen-bond acceptors (Lipinski definition) is 2. The lowest BCUT2D eigenvalue weighted by atomic mass is 9.57. The molecule has 1 N–H and O–H groups in total. The zero-order chi connectivity index (χ0) is 11.7. The molecular formula is C15H23NO. The highest BCUT2D eigenvalue weighted by atomic mass is 16.3. The van der Waals surface area contributed by atoms with E-state index in [0.717, 1.165) is 11.8 Å². The van der Waals surface area contributed by atoms with Gasteiger partial charge in [0.15, 0.2) is 0 Å². The van der Waals surface area contributed by atoms with Crippen molar-refractivity contribution < 1.29 is 4.42 Å². The lowest BCUT2D eigenvalue weighted by Crippen LogP contribution is -2.54. The van der Waals surface area contributed by atoms with E-state index in [1.165, 1.54) is 44.9 Å². The molecule has 2 aliphatic rings. The number of furan rings is 1. The van der Waals surface area contributed by atoms with Gasteiger partial charge in [-0.15, -0.1) is 0 Å². The van der Waals surface area contributed by atoms with Gasteiger partial charge in [0.05, 0.1) is 12.3 Å². The molecule has 2 aliphatic carbocycles. The Hall–Kier alpha value is -0.760. The van der Waals surface area contributed by atoms with Crippen molar-refractivity contribution in [3.05, 3.63) is 24.2 Å². The normalized spacial score (nSPS) is 28.9. The predicted octanol–water partition coefficient (Wildman–Crippen LogP) is 4.04. The maximum absolute atomic E-state index is 5.48. The molecule has 3 rings (SSSR count). The van der Waals surface area contributed by atoms with Crippen LogP contribution in [0.15, 0.2) is 22.8 Å². The van der Waals surface area contributed by atoms with E-state index in [9.17, 15) is 0 Å². The van der Waals surface area contributed by atoms with Crippen LogP contribution in [0.3, 0.4) is 0 Å². The highest BCUT2D eigenvalue weighted by Crippen LogP contribution is 2.52. The van der Waals surface area contributed by atoms with Gasteiger partial charge in [0.2, 0.25) is 0 Å². The van der Waals surface area contributed by atoms with Gasteiger partial charge in [0.25, 0.3) is 0 Å². The van der Waals surface area contributed by atoms with Gasteiger partial charge in [0, 0.05) is 6.04 Å². The Morgan fingerprint density at radius 2 is 2.12 bits per heavy atom. The Kier molecular flexibility index (Phi) is 2.99. The zero-order valence-corrected chi connectivity index (χ0v) is 10.7. The van der Waals surface area contributed by atoms with Crippen molar-refractivity contribution in [3.8, 4) is 0 Å². The molecule has 2 saturated carbocycles. The standard InChI is InChI=1S/C15H23NO/c1-12(13-6-5-11-17-13)16-14-7-10-15(14)8-3-2-4-9-15/h5-6,11-12,14,16H,2-4,7-10H2,1H3/t12-,14?/m1/s1. The van der Waals surface area contributed by atoms with E-state index < -0.39 is 0 Å². The summed E-state index contributed by atoms with van der Waals surface area (Å²) in [5, 5.41) is 3.79. The van der Waals surface area contributed by atoms with E-state index in [2.05, 4.69) is 18.3 Å². The van der Waals surface area contributed by atoms with Crippen molar-refractivity contribution in [2.45, 2.75) is 64.0 Å². The molecule has 0 radical (unpaired) electrons. The Morgan fingerprint density at radius 1 is 1.29 bits per heavy atom. The van der Waals surface area contributed by atoms with E-state index >= 15 is 0 Å². The van der Waals surface area contributed by atoms with Crippen LogP contribution in [0.2, 0.25) is 0 Å². The van der Waals surface area contributed by atoms with E-state index in [0.29, 0.717) is 11.5 Å². The molecular weight excluding hydrogens is 210 g/mol. The lowest BCUT2D eigenvalue weighted by molar-refractivity contribution is 0.0161. The number of rotatable bonds is 3. The molecule has 2 atom stereocenters. The van der Waals surface area contributed by atoms with Gasteiger partial charge in [0.1, 0.15) is 5.76 Å². The molecule has 0 aromatic carbocycles. The second-order valence-corrected chi connectivity index (χ2v) is 5.92. The average Bonchev–Trinajstić information content (AvgIpc) is 2.89. The quantitative estimate of drug-likeness (QED) is 0.852. The predicted molar refractivity (Wildman–Crippen MR) is 68.8 cm³/mol. The molecule has 94 valence electrons. The minimum absolute atomic E-state index is 0.356. The van der Waals surface area contributed by atoms with Crippen molar-refractivity contribution in [2.24, 2.45) is 5.41 Å². The summed E-state index contributed by atoms with van der Waals surface area (Å²) in [6, 6.07) is 5.13. The first-order valence-corrected chi connectivity index (χ1v) is 7.10. The van der Waals surface area contributed by atoms with Crippen molar-refractivity contribution in [1.29, 1.82) is 0 Å². The van der Waals surface area contributed by atoms with Gasteiger partial charge in [-0.2, -0.15) is 0 Å². The summed E-state index contributed by atoms with van der Waals surface area (Å²) >= 11 is 0. The van der Waals surface area contributed by atoms with Crippen LogP contribution in [0.4, 0.5) is 0 Å². The highest BCUT2D eigenvalue weighted by molar-refractivity contribution is 5.07. The first-order valence-electron chi connectivity index (χ1n) is 7.10. The highest BCUT2D eigenvalue weighted by Gasteiger charge is 2.47. The van der Waals surface area contributed by atoms with Crippen LogP contribution in [-0.4, -0.2) is 6.04 Å². The summed E-state index contributed by atoms with van der Waals surface area (Å²) in [5.74, 6) is 1.07. The van der Waals surface area contributed by atoms with E-state index in [4.69, 9.17) is 4.42 Å². The Morgan fingerprint density at radius 3 is 2.71 bits per heavy atom. The minimum Gasteiger partial charge on any atom is -0.468 e. The molecule has 17 heavy (non-hydrogen) atoms. The molecule has 1 aromatic rings. The minimum atomic E-state index is 0.356. The molecule has 0 aliphatic heterocycles. The lowest BCUT2D eigenvalue weighted by Gasteiger charge is -2.53. The van der Waals surface area contributed by atoms with Crippen molar-refractivity contribution in [1.82, 2.24) is 5.32 Å². The molecule has 1 heterocycles. The van der Waals surface area contributed by atoms with E-state index in [1.54, 1.807) is 6.26 Å². The van der Waals surface area contributed by atoms with Crippen LogP contribution in [0.1, 0.15) is 63.7 Å². The summed E-state index contributed by atoms with van der Waals surface area (Å²) in [6.07, 6.45) is 11.8. The Bertz CT molecular complexity index is 351. The van der Waals surface area contributed by atoms with E-state index in [-0.39, 0.29) is 0 Å². The van der Waals surface area contributed by atoms with Gasteiger partial charge in [-0.3, -0.25) is 0 Å². The fourth-order valence-electron chi connectivity index (χ4n) is 3.73. The third kappa shape index (κ3) is 2.03. The summed E-state index contributed by atoms with van der Waals surface area (Å²) in [6.45, 7) is 2.22. The van der Waals surface area contributed by atoms with Crippen LogP contribution in [0.5, 0.6) is 0 Å². The summed E-state index contributed by atoms with van der Waals surface area (Å²) < 4.78 is 5.48. The molecule has 1 spiro atoms. The van der Waals surface area contributed by atoms with Crippen LogP contribution < -0.4 is 5.32 Å². The fourth-order valence-corrected chi connectivity index (χ4v) is 3.73. The summed E-state index contributed by atoms with van der Waals surface area (Å²) in [7, 11) is 0. The van der Waals surface area contributed by atoms with Gasteiger partial charge in [-0.25, -0.2) is 0 Å². The van der Waals surface area contributed by atoms with Gasteiger partial charge < -0.3 is 9.73 Å². The Labute approximate surface area is 104 Å². The van der Waals surface area contributed by atoms with Crippen molar-refractivity contribution in [3.63, 3.8) is 0 Å². The maximum Gasteiger partial charge on any atom is 0.120 e. The van der Waals surface area contributed by atoms with Gasteiger partial charge in [-0.05, 0) is 50.2 Å².